The minimum Gasteiger partial charge on any atom is -0.285 e. The van der Waals surface area contributed by atoms with Crippen LogP contribution >= 0.6 is 0 Å². The quantitative estimate of drug-likeness (QED) is 0.601. The summed E-state index contributed by atoms with van der Waals surface area (Å²) in [7, 11) is 0. The molecule has 0 aromatic heterocycles. The Labute approximate surface area is 75.2 Å². The van der Waals surface area contributed by atoms with E-state index in [1.54, 1.807) is 0 Å². The second-order valence-corrected chi connectivity index (χ2v) is 3.86. The van der Waals surface area contributed by atoms with Crippen molar-refractivity contribution >= 4 is 0 Å². The lowest BCUT2D eigenvalue weighted by Crippen LogP contribution is -2.39. The lowest BCUT2D eigenvalue weighted by Gasteiger charge is -2.29. The Morgan fingerprint density at radius 2 is 2.00 bits per heavy atom. The van der Waals surface area contributed by atoms with E-state index in [1.807, 2.05) is 0 Å². The van der Waals surface area contributed by atoms with Gasteiger partial charge in [-0.25, -0.2) is 0 Å². The van der Waals surface area contributed by atoms with Gasteiger partial charge in [-0.05, 0) is 26.7 Å². The molecule has 0 aromatic carbocycles. The van der Waals surface area contributed by atoms with Crippen molar-refractivity contribution < 1.29 is 0 Å². The number of nitriles is 1. The van der Waals surface area contributed by atoms with Gasteiger partial charge in [0.1, 0.15) is 0 Å². The predicted molar refractivity (Wildman–Crippen MR) is 49.7 cm³/mol. The SMILES string of the molecule is CC(C)N(CC#N)C1CCCC1. The van der Waals surface area contributed by atoms with Gasteiger partial charge in [0.15, 0.2) is 0 Å². The maximum absolute atomic E-state index is 8.65. The first-order valence-electron chi connectivity index (χ1n) is 4.88. The normalized spacial score (nSPS) is 18.9. The fraction of sp³-hybridized carbons (Fsp3) is 0.900. The molecule has 0 aromatic rings. The van der Waals surface area contributed by atoms with Crippen LogP contribution in [0.2, 0.25) is 0 Å². The van der Waals surface area contributed by atoms with Gasteiger partial charge in [-0.1, -0.05) is 12.8 Å². The molecule has 0 unspecified atom stereocenters. The Hall–Kier alpha value is -0.550. The van der Waals surface area contributed by atoms with E-state index in [2.05, 4.69) is 24.8 Å². The summed E-state index contributed by atoms with van der Waals surface area (Å²) in [5.74, 6) is 0. The van der Waals surface area contributed by atoms with Crippen molar-refractivity contribution in [1.29, 1.82) is 5.26 Å². The molecule has 1 aliphatic rings. The third kappa shape index (κ3) is 2.22. The van der Waals surface area contributed by atoms with Crippen molar-refractivity contribution in [3.05, 3.63) is 0 Å². The van der Waals surface area contributed by atoms with Crippen molar-refractivity contribution in [3.8, 4) is 6.07 Å². The second-order valence-electron chi connectivity index (χ2n) is 3.86. The zero-order valence-corrected chi connectivity index (χ0v) is 8.08. The predicted octanol–water partition coefficient (Wildman–Crippen LogP) is 2.16. The van der Waals surface area contributed by atoms with Crippen LogP contribution in [-0.2, 0) is 0 Å². The van der Waals surface area contributed by atoms with Crippen molar-refractivity contribution in [1.82, 2.24) is 4.90 Å². The Morgan fingerprint density at radius 1 is 1.42 bits per heavy atom. The molecule has 1 rings (SSSR count). The van der Waals surface area contributed by atoms with Crippen LogP contribution in [0, 0.1) is 11.3 Å². The van der Waals surface area contributed by atoms with Crippen molar-refractivity contribution in [2.45, 2.75) is 51.6 Å². The standard InChI is InChI=1S/C10H18N2/c1-9(2)12(8-7-11)10-5-3-4-6-10/h9-10H,3-6,8H2,1-2H3. The molecule has 0 bridgehead atoms. The lowest BCUT2D eigenvalue weighted by atomic mass is 10.1. The summed E-state index contributed by atoms with van der Waals surface area (Å²) in [5, 5.41) is 8.65. The largest absolute Gasteiger partial charge is 0.285 e. The third-order valence-electron chi connectivity index (χ3n) is 2.71. The van der Waals surface area contributed by atoms with E-state index in [0.717, 1.165) is 0 Å². The number of hydrogen-bond acceptors (Lipinski definition) is 2. The molecule has 2 heteroatoms. The van der Waals surface area contributed by atoms with Crippen LogP contribution in [0.25, 0.3) is 0 Å². The zero-order valence-electron chi connectivity index (χ0n) is 8.08. The van der Waals surface area contributed by atoms with Crippen LogP contribution < -0.4 is 0 Å². The first-order chi connectivity index (χ1) is 5.75. The molecule has 0 N–H and O–H groups in total. The second kappa shape index (κ2) is 4.47. The maximum atomic E-state index is 8.65. The van der Waals surface area contributed by atoms with E-state index in [4.69, 9.17) is 5.26 Å². The van der Waals surface area contributed by atoms with E-state index in [0.29, 0.717) is 18.6 Å². The highest BCUT2D eigenvalue weighted by atomic mass is 15.2. The Morgan fingerprint density at radius 3 is 2.42 bits per heavy atom. The van der Waals surface area contributed by atoms with E-state index >= 15 is 0 Å². The molecule has 0 saturated heterocycles. The van der Waals surface area contributed by atoms with Gasteiger partial charge in [-0.15, -0.1) is 0 Å². The van der Waals surface area contributed by atoms with Crippen LogP contribution in [0.3, 0.4) is 0 Å². The summed E-state index contributed by atoms with van der Waals surface area (Å²) in [6, 6.07) is 3.46. The molecule has 0 radical (unpaired) electrons. The van der Waals surface area contributed by atoms with Crippen molar-refractivity contribution in [2.24, 2.45) is 0 Å². The molecule has 0 aliphatic heterocycles. The van der Waals surface area contributed by atoms with Gasteiger partial charge in [0.05, 0.1) is 12.6 Å². The molecule has 68 valence electrons. The van der Waals surface area contributed by atoms with Gasteiger partial charge in [-0.2, -0.15) is 5.26 Å². The average molecular weight is 166 g/mol. The Kier molecular flexibility index (Phi) is 3.55. The highest BCUT2D eigenvalue weighted by Crippen LogP contribution is 2.24. The van der Waals surface area contributed by atoms with Gasteiger partial charge in [0.25, 0.3) is 0 Å². The molecular weight excluding hydrogens is 148 g/mol. The lowest BCUT2D eigenvalue weighted by molar-refractivity contribution is 0.177. The van der Waals surface area contributed by atoms with Crippen molar-refractivity contribution in [2.75, 3.05) is 6.54 Å². The molecule has 1 fully saturated rings. The minimum atomic E-state index is 0.521. The number of hydrogen-bond donors (Lipinski definition) is 0. The van der Waals surface area contributed by atoms with E-state index in [-0.39, 0.29) is 0 Å². The molecule has 1 aliphatic carbocycles. The topological polar surface area (TPSA) is 27.0 Å². The maximum Gasteiger partial charge on any atom is 0.0870 e. The fourth-order valence-electron chi connectivity index (χ4n) is 2.05. The first-order valence-corrected chi connectivity index (χ1v) is 4.88. The summed E-state index contributed by atoms with van der Waals surface area (Å²) in [4.78, 5) is 2.33. The minimum absolute atomic E-state index is 0.521. The molecule has 12 heavy (non-hydrogen) atoms. The van der Waals surface area contributed by atoms with E-state index < -0.39 is 0 Å². The summed E-state index contributed by atoms with van der Waals surface area (Å²) in [6.07, 6.45) is 5.28. The molecule has 0 amide bonds. The molecule has 2 nitrogen and oxygen atoms in total. The molecule has 0 atom stereocenters. The van der Waals surface area contributed by atoms with Gasteiger partial charge >= 0.3 is 0 Å². The van der Waals surface area contributed by atoms with Crippen LogP contribution in [0.4, 0.5) is 0 Å². The summed E-state index contributed by atoms with van der Waals surface area (Å²) >= 11 is 0. The van der Waals surface area contributed by atoms with Crippen LogP contribution in [0.5, 0.6) is 0 Å². The Bertz CT molecular complexity index is 163. The third-order valence-corrected chi connectivity index (χ3v) is 2.71. The number of nitrogens with zero attached hydrogens (tertiary/aromatic N) is 2. The van der Waals surface area contributed by atoms with Crippen LogP contribution in [0.15, 0.2) is 0 Å². The van der Waals surface area contributed by atoms with Crippen LogP contribution in [0.1, 0.15) is 39.5 Å². The molecule has 0 heterocycles. The Balaban J connectivity index is 2.47. The zero-order chi connectivity index (χ0) is 8.97. The first kappa shape index (κ1) is 9.54. The molecule has 1 saturated carbocycles. The summed E-state index contributed by atoms with van der Waals surface area (Å²) < 4.78 is 0. The van der Waals surface area contributed by atoms with E-state index in [1.165, 1.54) is 25.7 Å². The summed E-state index contributed by atoms with van der Waals surface area (Å²) in [5.41, 5.74) is 0. The average Bonchev–Trinajstić information content (AvgIpc) is 2.51. The van der Waals surface area contributed by atoms with Gasteiger partial charge in [-0.3, -0.25) is 4.90 Å². The van der Waals surface area contributed by atoms with Gasteiger partial charge in [0, 0.05) is 12.1 Å². The summed E-state index contributed by atoms with van der Waals surface area (Å²) in [6.45, 7) is 4.95. The van der Waals surface area contributed by atoms with Crippen LogP contribution in [-0.4, -0.2) is 23.5 Å². The monoisotopic (exact) mass is 166 g/mol. The van der Waals surface area contributed by atoms with Gasteiger partial charge in [0.2, 0.25) is 0 Å². The van der Waals surface area contributed by atoms with Gasteiger partial charge < -0.3 is 0 Å². The fourth-order valence-corrected chi connectivity index (χ4v) is 2.05. The highest BCUT2D eigenvalue weighted by Gasteiger charge is 2.23. The molecular formula is C10H18N2. The molecule has 0 spiro atoms. The number of rotatable bonds is 3. The van der Waals surface area contributed by atoms with Crippen molar-refractivity contribution in [3.63, 3.8) is 0 Å². The highest BCUT2D eigenvalue weighted by molar-refractivity contribution is 4.86. The smallest absolute Gasteiger partial charge is 0.0870 e. The van der Waals surface area contributed by atoms with E-state index in [9.17, 15) is 0 Å².